The molecule has 0 aliphatic rings. The van der Waals surface area contributed by atoms with Gasteiger partial charge in [0.15, 0.2) is 6.10 Å². The topological polar surface area (TPSA) is 78.9 Å². The molecule has 0 saturated carbocycles. The summed E-state index contributed by atoms with van der Waals surface area (Å²) in [6.07, 6.45) is 56.6. The fourth-order valence-electron chi connectivity index (χ4n) is 6.97. The minimum Gasteiger partial charge on any atom is -0.462 e. The summed E-state index contributed by atoms with van der Waals surface area (Å²) in [5.41, 5.74) is 0. The van der Waals surface area contributed by atoms with Gasteiger partial charge in [-0.05, 0) is 83.5 Å². The van der Waals surface area contributed by atoms with Gasteiger partial charge in [-0.3, -0.25) is 14.4 Å². The summed E-state index contributed by atoms with van der Waals surface area (Å²) < 4.78 is 16.7. The molecule has 0 rings (SSSR count). The van der Waals surface area contributed by atoms with E-state index < -0.39 is 6.10 Å². The third-order valence-electron chi connectivity index (χ3n) is 10.8. The van der Waals surface area contributed by atoms with E-state index in [1.54, 1.807) is 0 Å². The highest BCUT2D eigenvalue weighted by Gasteiger charge is 2.19. The lowest BCUT2D eigenvalue weighted by Gasteiger charge is -2.18. The Morgan fingerprint density at radius 3 is 1.03 bits per heavy atom. The molecule has 0 radical (unpaired) electrons. The van der Waals surface area contributed by atoms with Crippen molar-refractivity contribution in [2.75, 3.05) is 13.2 Å². The molecule has 0 aromatic heterocycles. The van der Waals surface area contributed by atoms with Crippen LogP contribution in [0.15, 0.2) is 48.6 Å². The zero-order valence-corrected chi connectivity index (χ0v) is 39.0. The summed E-state index contributed by atoms with van der Waals surface area (Å²) in [5.74, 6) is -0.930. The summed E-state index contributed by atoms with van der Waals surface area (Å²) >= 11 is 0. The van der Waals surface area contributed by atoms with Crippen molar-refractivity contribution in [3.05, 3.63) is 48.6 Å². The van der Waals surface area contributed by atoms with Crippen LogP contribution in [0, 0.1) is 0 Å². The van der Waals surface area contributed by atoms with Crippen LogP contribution in [0.3, 0.4) is 0 Å². The molecule has 0 spiro atoms. The van der Waals surface area contributed by atoms with Crippen LogP contribution in [0.4, 0.5) is 0 Å². The molecule has 0 amide bonds. The Balaban J connectivity index is 4.43. The highest BCUT2D eigenvalue weighted by Crippen LogP contribution is 2.15. The minimum atomic E-state index is -0.787. The number of carbonyl (C=O) groups is 3. The van der Waals surface area contributed by atoms with Crippen molar-refractivity contribution >= 4 is 17.9 Å². The van der Waals surface area contributed by atoms with Gasteiger partial charge < -0.3 is 14.2 Å². The van der Waals surface area contributed by atoms with E-state index in [4.69, 9.17) is 14.2 Å². The molecule has 6 heteroatoms. The second kappa shape index (κ2) is 48.0. The second-order valence-electron chi connectivity index (χ2n) is 16.7. The number of carbonyl (C=O) groups excluding carboxylic acids is 3. The zero-order valence-electron chi connectivity index (χ0n) is 39.0. The lowest BCUT2D eigenvalue weighted by molar-refractivity contribution is -0.167. The first-order valence-corrected chi connectivity index (χ1v) is 25.1. The van der Waals surface area contributed by atoms with E-state index in [9.17, 15) is 14.4 Å². The van der Waals surface area contributed by atoms with E-state index in [2.05, 4.69) is 69.4 Å². The summed E-state index contributed by atoms with van der Waals surface area (Å²) in [5, 5.41) is 0. The van der Waals surface area contributed by atoms with E-state index in [1.165, 1.54) is 135 Å². The highest BCUT2D eigenvalue weighted by molar-refractivity contribution is 5.71. The van der Waals surface area contributed by atoms with Crippen LogP contribution in [0.2, 0.25) is 0 Å². The number of allylic oxidation sites excluding steroid dienone is 8. The molecular weight excluding hydrogens is 733 g/mol. The van der Waals surface area contributed by atoms with Crippen LogP contribution in [-0.4, -0.2) is 37.2 Å². The molecular formula is C53H94O6. The molecule has 6 nitrogen and oxygen atoms in total. The van der Waals surface area contributed by atoms with Gasteiger partial charge >= 0.3 is 17.9 Å². The molecule has 0 aliphatic heterocycles. The van der Waals surface area contributed by atoms with E-state index in [-0.39, 0.29) is 31.1 Å². The van der Waals surface area contributed by atoms with Gasteiger partial charge in [-0.1, -0.05) is 198 Å². The van der Waals surface area contributed by atoms with Crippen molar-refractivity contribution in [2.24, 2.45) is 0 Å². The SMILES string of the molecule is CCCCC/C=C\C/C=C\C/C=C\CCCCC(=O)OC[C@@H](COC(=O)CCCCCCC/C=C\CCCCC)OC(=O)CCCCCCCCCCCCCCCC. The van der Waals surface area contributed by atoms with Crippen molar-refractivity contribution in [1.82, 2.24) is 0 Å². The Kier molecular flexibility index (Phi) is 45.9. The molecule has 59 heavy (non-hydrogen) atoms. The van der Waals surface area contributed by atoms with Gasteiger partial charge in [0.25, 0.3) is 0 Å². The van der Waals surface area contributed by atoms with Crippen molar-refractivity contribution in [3.63, 3.8) is 0 Å². The molecule has 0 aromatic rings. The van der Waals surface area contributed by atoms with Gasteiger partial charge in [-0.15, -0.1) is 0 Å². The van der Waals surface area contributed by atoms with Crippen molar-refractivity contribution in [1.29, 1.82) is 0 Å². The average Bonchev–Trinajstić information content (AvgIpc) is 3.23. The van der Waals surface area contributed by atoms with Crippen LogP contribution < -0.4 is 0 Å². The fourth-order valence-corrected chi connectivity index (χ4v) is 6.97. The Hall–Kier alpha value is -2.63. The number of unbranched alkanes of at least 4 members (excludes halogenated alkanes) is 26. The van der Waals surface area contributed by atoms with Crippen LogP contribution in [0.1, 0.15) is 252 Å². The molecule has 0 saturated heterocycles. The van der Waals surface area contributed by atoms with Crippen molar-refractivity contribution < 1.29 is 28.6 Å². The quantitative estimate of drug-likeness (QED) is 0.0263. The number of rotatable bonds is 45. The Bertz CT molecular complexity index is 1040. The van der Waals surface area contributed by atoms with Gasteiger partial charge in [0.2, 0.25) is 0 Å². The first kappa shape index (κ1) is 56.4. The summed E-state index contributed by atoms with van der Waals surface area (Å²) in [6.45, 7) is 6.55. The summed E-state index contributed by atoms with van der Waals surface area (Å²) in [6, 6.07) is 0. The monoisotopic (exact) mass is 827 g/mol. The standard InChI is InChI=1S/C53H94O6/c1-4-7-10-13-16-19-22-25-27-29-31-34-37-40-43-46-52(55)58-49-50(48-57-51(54)45-42-39-36-33-30-24-21-18-15-12-9-6-3)59-53(56)47-44-41-38-35-32-28-26-23-20-17-14-11-8-5-2/h16,18-19,21,25,27,31,34,50H,4-15,17,20,22-24,26,28-30,32-33,35-49H2,1-3H3/b19-16-,21-18-,27-25-,34-31-/t50-/m1/s1. The molecule has 342 valence electrons. The van der Waals surface area contributed by atoms with E-state index >= 15 is 0 Å². The van der Waals surface area contributed by atoms with E-state index in [1.807, 2.05) is 0 Å². The maximum atomic E-state index is 12.8. The number of hydrogen-bond acceptors (Lipinski definition) is 6. The third-order valence-corrected chi connectivity index (χ3v) is 10.8. The van der Waals surface area contributed by atoms with Crippen LogP contribution in [-0.2, 0) is 28.6 Å². The van der Waals surface area contributed by atoms with Crippen LogP contribution in [0.25, 0.3) is 0 Å². The minimum absolute atomic E-state index is 0.0876. The Labute approximate surface area is 365 Å². The number of esters is 3. The van der Waals surface area contributed by atoms with Crippen molar-refractivity contribution in [3.8, 4) is 0 Å². The highest BCUT2D eigenvalue weighted by atomic mass is 16.6. The molecule has 1 atom stereocenters. The predicted octanol–water partition coefficient (Wildman–Crippen LogP) is 16.3. The van der Waals surface area contributed by atoms with Gasteiger partial charge in [0, 0.05) is 19.3 Å². The largest absolute Gasteiger partial charge is 0.462 e. The number of ether oxygens (including phenoxy) is 3. The molecule has 0 N–H and O–H groups in total. The van der Waals surface area contributed by atoms with E-state index in [0.717, 1.165) is 77.0 Å². The lowest BCUT2D eigenvalue weighted by atomic mass is 10.0. The van der Waals surface area contributed by atoms with Gasteiger partial charge in [0.1, 0.15) is 13.2 Å². The maximum absolute atomic E-state index is 12.8. The molecule has 0 unspecified atom stereocenters. The smallest absolute Gasteiger partial charge is 0.306 e. The van der Waals surface area contributed by atoms with Gasteiger partial charge in [-0.2, -0.15) is 0 Å². The van der Waals surface area contributed by atoms with Gasteiger partial charge in [-0.25, -0.2) is 0 Å². The van der Waals surface area contributed by atoms with Crippen LogP contribution >= 0.6 is 0 Å². The average molecular weight is 827 g/mol. The zero-order chi connectivity index (χ0) is 43.0. The number of hydrogen-bond donors (Lipinski definition) is 0. The summed E-state index contributed by atoms with van der Waals surface area (Å²) in [7, 11) is 0. The Morgan fingerprint density at radius 2 is 0.610 bits per heavy atom. The Morgan fingerprint density at radius 1 is 0.339 bits per heavy atom. The first-order chi connectivity index (χ1) is 29.0. The predicted molar refractivity (Wildman–Crippen MR) is 252 cm³/mol. The molecule has 0 aliphatic carbocycles. The van der Waals surface area contributed by atoms with Crippen molar-refractivity contribution in [2.45, 2.75) is 258 Å². The molecule has 0 fully saturated rings. The second-order valence-corrected chi connectivity index (χ2v) is 16.7. The molecule has 0 heterocycles. The lowest BCUT2D eigenvalue weighted by Crippen LogP contribution is -2.30. The molecule has 0 bridgehead atoms. The first-order valence-electron chi connectivity index (χ1n) is 25.1. The fraction of sp³-hybridized carbons (Fsp3) is 0.792. The summed E-state index contributed by atoms with van der Waals surface area (Å²) in [4.78, 5) is 37.9. The van der Waals surface area contributed by atoms with E-state index in [0.29, 0.717) is 19.3 Å². The molecule has 0 aromatic carbocycles. The van der Waals surface area contributed by atoms with Crippen LogP contribution in [0.5, 0.6) is 0 Å². The van der Waals surface area contributed by atoms with Gasteiger partial charge in [0.05, 0.1) is 0 Å². The maximum Gasteiger partial charge on any atom is 0.306 e. The third kappa shape index (κ3) is 46.3. The normalized spacial score (nSPS) is 12.4.